The highest BCUT2D eigenvalue weighted by molar-refractivity contribution is 5.81. The van der Waals surface area contributed by atoms with Crippen molar-refractivity contribution >= 4 is 5.78 Å². The first-order chi connectivity index (χ1) is 7.18. The molecule has 1 aromatic rings. The van der Waals surface area contributed by atoms with Crippen molar-refractivity contribution in [3.8, 4) is 5.75 Å². The Morgan fingerprint density at radius 3 is 2.60 bits per heavy atom. The van der Waals surface area contributed by atoms with Crippen LogP contribution in [0.4, 0.5) is 0 Å². The number of hydrogen-bond donors (Lipinski definition) is 1. The number of hydrogen-bond acceptors (Lipinski definition) is 3. The molecule has 0 radical (unpaired) electrons. The van der Waals surface area contributed by atoms with Gasteiger partial charge in [-0.15, -0.1) is 0 Å². The Bertz CT molecular complexity index is 296. The molecule has 0 bridgehead atoms. The molecule has 0 aliphatic heterocycles. The first kappa shape index (κ1) is 11.7. The molecule has 3 heteroatoms. The highest BCUT2D eigenvalue weighted by atomic mass is 16.5. The van der Waals surface area contributed by atoms with E-state index < -0.39 is 0 Å². The van der Waals surface area contributed by atoms with E-state index in [9.17, 15) is 4.79 Å². The smallest absolute Gasteiger partial charge is 0.183 e. The topological polar surface area (TPSA) is 38.3 Å². The summed E-state index contributed by atoms with van der Waals surface area (Å²) in [5.74, 6) is 0.794. The quantitative estimate of drug-likeness (QED) is 0.770. The van der Waals surface area contributed by atoms with Gasteiger partial charge >= 0.3 is 0 Å². The summed E-state index contributed by atoms with van der Waals surface area (Å²) in [6, 6.07) is 9.67. The van der Waals surface area contributed by atoms with Crippen LogP contribution < -0.4 is 10.1 Å². The van der Waals surface area contributed by atoms with Crippen LogP contribution in [0.25, 0.3) is 0 Å². The van der Waals surface area contributed by atoms with Gasteiger partial charge in [0.1, 0.15) is 12.4 Å². The summed E-state index contributed by atoms with van der Waals surface area (Å²) < 4.78 is 5.31. The van der Waals surface area contributed by atoms with Gasteiger partial charge in [0.2, 0.25) is 0 Å². The normalized spacial score (nSPS) is 10.3. The number of carbonyl (C=O) groups excluding carboxylic acids is 1. The predicted octanol–water partition coefficient (Wildman–Crippen LogP) is 1.63. The third-order valence-electron chi connectivity index (χ3n) is 1.85. The molecule has 0 saturated carbocycles. The maximum atomic E-state index is 11.3. The van der Waals surface area contributed by atoms with Crippen molar-refractivity contribution < 1.29 is 9.53 Å². The molecule has 1 N–H and O–H groups in total. The average Bonchev–Trinajstić information content (AvgIpc) is 2.25. The van der Waals surface area contributed by atoms with Gasteiger partial charge in [-0.3, -0.25) is 4.79 Å². The van der Waals surface area contributed by atoms with E-state index in [-0.39, 0.29) is 12.4 Å². The molecular weight excluding hydrogens is 190 g/mol. The van der Waals surface area contributed by atoms with E-state index in [2.05, 4.69) is 5.32 Å². The Balaban J connectivity index is 2.23. The van der Waals surface area contributed by atoms with Crippen LogP contribution in [0, 0.1) is 0 Å². The third kappa shape index (κ3) is 5.18. The van der Waals surface area contributed by atoms with Crippen molar-refractivity contribution in [3.05, 3.63) is 30.3 Å². The second kappa shape index (κ2) is 6.19. The zero-order valence-electron chi connectivity index (χ0n) is 9.19. The average molecular weight is 207 g/mol. The van der Waals surface area contributed by atoms with E-state index >= 15 is 0 Å². The zero-order chi connectivity index (χ0) is 11.1. The summed E-state index contributed by atoms with van der Waals surface area (Å²) in [5.41, 5.74) is 0. The van der Waals surface area contributed by atoms with Crippen LogP contribution >= 0.6 is 0 Å². The van der Waals surface area contributed by atoms with Crippen molar-refractivity contribution in [2.75, 3.05) is 13.2 Å². The molecule has 3 nitrogen and oxygen atoms in total. The monoisotopic (exact) mass is 207 g/mol. The Morgan fingerprint density at radius 2 is 2.00 bits per heavy atom. The molecule has 0 atom stereocenters. The minimum atomic E-state index is 0.0625. The summed E-state index contributed by atoms with van der Waals surface area (Å²) in [4.78, 5) is 11.3. The highest BCUT2D eigenvalue weighted by Gasteiger charge is 2.03. The summed E-state index contributed by atoms with van der Waals surface area (Å²) in [6.07, 6.45) is 0. The standard InChI is InChI=1S/C12H17NO2/c1-10(2)13-8-11(14)9-15-12-6-4-3-5-7-12/h3-7,10,13H,8-9H2,1-2H3. The SMILES string of the molecule is CC(C)NCC(=O)COc1ccccc1. The van der Waals surface area contributed by atoms with Gasteiger partial charge in [-0.25, -0.2) is 0 Å². The Morgan fingerprint density at radius 1 is 1.33 bits per heavy atom. The second-order valence-corrected chi connectivity index (χ2v) is 3.68. The Labute approximate surface area is 90.4 Å². The van der Waals surface area contributed by atoms with Gasteiger partial charge in [-0.1, -0.05) is 32.0 Å². The van der Waals surface area contributed by atoms with Gasteiger partial charge in [0.25, 0.3) is 0 Å². The van der Waals surface area contributed by atoms with Crippen molar-refractivity contribution in [1.82, 2.24) is 5.32 Å². The van der Waals surface area contributed by atoms with Gasteiger partial charge in [0.05, 0.1) is 6.54 Å². The van der Waals surface area contributed by atoms with Gasteiger partial charge < -0.3 is 10.1 Å². The molecular formula is C12H17NO2. The van der Waals surface area contributed by atoms with E-state index in [0.717, 1.165) is 5.75 Å². The highest BCUT2D eigenvalue weighted by Crippen LogP contribution is 2.07. The lowest BCUT2D eigenvalue weighted by Crippen LogP contribution is -2.31. The van der Waals surface area contributed by atoms with E-state index in [1.807, 2.05) is 44.2 Å². The second-order valence-electron chi connectivity index (χ2n) is 3.68. The van der Waals surface area contributed by atoms with Crippen LogP contribution in [0.3, 0.4) is 0 Å². The van der Waals surface area contributed by atoms with Crippen LogP contribution in [0.5, 0.6) is 5.75 Å². The van der Waals surface area contributed by atoms with Gasteiger partial charge in [-0.2, -0.15) is 0 Å². The first-order valence-corrected chi connectivity index (χ1v) is 5.11. The molecule has 82 valence electrons. The molecule has 0 aliphatic carbocycles. The third-order valence-corrected chi connectivity index (χ3v) is 1.85. The summed E-state index contributed by atoms with van der Waals surface area (Å²) in [6.45, 7) is 4.50. The summed E-state index contributed by atoms with van der Waals surface area (Å²) >= 11 is 0. The maximum Gasteiger partial charge on any atom is 0.183 e. The Kier molecular flexibility index (Phi) is 4.84. The molecule has 0 saturated heterocycles. The van der Waals surface area contributed by atoms with Crippen LogP contribution in [0.15, 0.2) is 30.3 Å². The number of ketones is 1. The zero-order valence-corrected chi connectivity index (χ0v) is 9.19. The van der Waals surface area contributed by atoms with Gasteiger partial charge in [0, 0.05) is 6.04 Å². The Hall–Kier alpha value is -1.35. The fourth-order valence-electron chi connectivity index (χ4n) is 1.05. The maximum absolute atomic E-state index is 11.3. The van der Waals surface area contributed by atoms with Crippen LogP contribution in [-0.2, 0) is 4.79 Å². The van der Waals surface area contributed by atoms with E-state index in [1.165, 1.54) is 0 Å². The lowest BCUT2D eigenvalue weighted by molar-refractivity contribution is -0.120. The molecule has 0 fully saturated rings. The van der Waals surface area contributed by atoms with Crippen molar-refractivity contribution in [3.63, 3.8) is 0 Å². The molecule has 1 rings (SSSR count). The summed E-state index contributed by atoms with van der Waals surface area (Å²) in [7, 11) is 0. The van der Waals surface area contributed by atoms with E-state index in [1.54, 1.807) is 0 Å². The fourth-order valence-corrected chi connectivity index (χ4v) is 1.05. The van der Waals surface area contributed by atoms with Crippen molar-refractivity contribution in [1.29, 1.82) is 0 Å². The molecule has 0 heterocycles. The number of carbonyl (C=O) groups is 1. The number of benzene rings is 1. The number of para-hydroxylation sites is 1. The number of rotatable bonds is 6. The van der Waals surface area contributed by atoms with E-state index in [0.29, 0.717) is 12.6 Å². The van der Waals surface area contributed by atoms with E-state index in [4.69, 9.17) is 4.74 Å². The number of nitrogens with one attached hydrogen (secondary N) is 1. The van der Waals surface area contributed by atoms with Gasteiger partial charge in [-0.05, 0) is 12.1 Å². The van der Waals surface area contributed by atoms with Gasteiger partial charge in [0.15, 0.2) is 5.78 Å². The minimum absolute atomic E-state index is 0.0625. The molecule has 1 aromatic carbocycles. The molecule has 0 spiro atoms. The molecule has 0 amide bonds. The fraction of sp³-hybridized carbons (Fsp3) is 0.417. The predicted molar refractivity (Wildman–Crippen MR) is 60.1 cm³/mol. The van der Waals surface area contributed by atoms with Crippen LogP contribution in [0.1, 0.15) is 13.8 Å². The molecule has 0 unspecified atom stereocenters. The first-order valence-electron chi connectivity index (χ1n) is 5.11. The minimum Gasteiger partial charge on any atom is -0.486 e. The molecule has 0 aliphatic rings. The number of ether oxygens (including phenoxy) is 1. The summed E-state index contributed by atoms with van der Waals surface area (Å²) in [5, 5.41) is 3.05. The van der Waals surface area contributed by atoms with Crippen molar-refractivity contribution in [2.24, 2.45) is 0 Å². The van der Waals surface area contributed by atoms with Crippen molar-refractivity contribution in [2.45, 2.75) is 19.9 Å². The lowest BCUT2D eigenvalue weighted by atomic mass is 10.3. The largest absolute Gasteiger partial charge is 0.486 e. The van der Waals surface area contributed by atoms with Crippen LogP contribution in [-0.4, -0.2) is 25.0 Å². The molecule has 15 heavy (non-hydrogen) atoms. The van der Waals surface area contributed by atoms with Crippen LogP contribution in [0.2, 0.25) is 0 Å². The number of Topliss-reactive ketones (excluding diaryl/α,β-unsaturated/α-hetero) is 1. The molecule has 0 aromatic heterocycles. The lowest BCUT2D eigenvalue weighted by Gasteiger charge is -2.08.